The molecule has 4 rings (SSSR count). The van der Waals surface area contributed by atoms with Crippen LogP contribution in [0.15, 0.2) is 35.7 Å². The Kier molecular flexibility index (Phi) is 5.42. The number of thiophene rings is 1. The Bertz CT molecular complexity index is 687. The van der Waals surface area contributed by atoms with Gasteiger partial charge in [-0.2, -0.15) is 0 Å². The Hall–Kier alpha value is -1.32. The zero-order valence-electron chi connectivity index (χ0n) is 15.2. The van der Waals surface area contributed by atoms with Crippen LogP contribution < -0.4 is 4.74 Å². The first-order valence-electron chi connectivity index (χ1n) is 9.76. The summed E-state index contributed by atoms with van der Waals surface area (Å²) in [6.07, 6.45) is 7.99. The molecule has 134 valence electrons. The number of ether oxygens (including phenoxy) is 1. The highest BCUT2D eigenvalue weighted by Crippen LogP contribution is 2.37. The summed E-state index contributed by atoms with van der Waals surface area (Å²) in [5.74, 6) is 2.50. The van der Waals surface area contributed by atoms with Gasteiger partial charge in [0.1, 0.15) is 5.75 Å². The van der Waals surface area contributed by atoms with Gasteiger partial charge in [0.25, 0.3) is 0 Å². The largest absolute Gasteiger partial charge is 0.497 e. The molecule has 1 saturated heterocycles. The zero-order valence-corrected chi connectivity index (χ0v) is 16.1. The quantitative estimate of drug-likeness (QED) is 0.707. The van der Waals surface area contributed by atoms with Crippen molar-refractivity contribution in [3.63, 3.8) is 0 Å². The fourth-order valence-corrected chi connectivity index (χ4v) is 5.62. The van der Waals surface area contributed by atoms with E-state index >= 15 is 0 Å². The number of piperidine rings is 1. The number of rotatable bonds is 5. The van der Waals surface area contributed by atoms with Gasteiger partial charge in [0.2, 0.25) is 0 Å². The zero-order chi connectivity index (χ0) is 17.1. The van der Waals surface area contributed by atoms with Gasteiger partial charge in [-0.05, 0) is 105 Å². The number of fused-ring (bicyclic) bond motifs is 1. The highest BCUT2D eigenvalue weighted by atomic mass is 32.1. The first-order chi connectivity index (χ1) is 12.3. The molecule has 1 atom stereocenters. The second kappa shape index (κ2) is 7.92. The predicted molar refractivity (Wildman–Crippen MR) is 106 cm³/mol. The van der Waals surface area contributed by atoms with Crippen LogP contribution in [0.2, 0.25) is 0 Å². The van der Waals surface area contributed by atoms with E-state index in [-0.39, 0.29) is 0 Å². The summed E-state index contributed by atoms with van der Waals surface area (Å²) in [6, 6.07) is 11.0. The van der Waals surface area contributed by atoms with Crippen LogP contribution in [-0.2, 0) is 6.42 Å². The summed E-state index contributed by atoms with van der Waals surface area (Å²) in [7, 11) is 1.76. The van der Waals surface area contributed by atoms with Crippen molar-refractivity contribution in [2.24, 2.45) is 0 Å². The van der Waals surface area contributed by atoms with Gasteiger partial charge in [0, 0.05) is 4.88 Å². The van der Waals surface area contributed by atoms with E-state index in [0.717, 1.165) is 11.7 Å². The molecule has 1 aromatic carbocycles. The normalized spacial score (nSPS) is 21.9. The van der Waals surface area contributed by atoms with Crippen LogP contribution in [-0.4, -0.2) is 31.6 Å². The number of benzene rings is 1. The third-order valence-electron chi connectivity index (χ3n) is 6.12. The van der Waals surface area contributed by atoms with Crippen molar-refractivity contribution in [3.8, 4) is 5.75 Å². The minimum Gasteiger partial charge on any atom is -0.497 e. The SMILES string of the molecule is COc1cccc(C2CCN(CCC3CCCc4sccc43)CC2)c1. The average Bonchev–Trinajstić information content (AvgIpc) is 3.16. The lowest BCUT2D eigenvalue weighted by Gasteiger charge is -2.33. The fourth-order valence-electron chi connectivity index (χ4n) is 4.61. The summed E-state index contributed by atoms with van der Waals surface area (Å²) in [5.41, 5.74) is 3.12. The molecule has 1 aliphatic heterocycles. The molecular weight excluding hydrogens is 326 g/mol. The topological polar surface area (TPSA) is 12.5 Å². The minimum atomic E-state index is 0.699. The van der Waals surface area contributed by atoms with Crippen LogP contribution in [0, 0.1) is 0 Å². The number of likely N-dealkylation sites (tertiary alicyclic amines) is 1. The summed E-state index contributed by atoms with van der Waals surface area (Å²) in [4.78, 5) is 4.35. The molecule has 1 unspecified atom stereocenters. The van der Waals surface area contributed by atoms with Crippen LogP contribution in [0.25, 0.3) is 0 Å². The Balaban J connectivity index is 1.28. The molecule has 0 radical (unpaired) electrons. The lowest BCUT2D eigenvalue weighted by Crippen LogP contribution is -2.34. The maximum absolute atomic E-state index is 5.38. The van der Waals surface area contributed by atoms with E-state index in [2.05, 4.69) is 34.5 Å². The standard InChI is InChI=1S/C22H29NOS/c1-24-20-6-2-5-19(16-20)17-8-12-23(13-9-17)14-10-18-4-3-7-22-21(18)11-15-25-22/h2,5-6,11,15-18H,3-4,7-10,12-14H2,1H3. The smallest absolute Gasteiger partial charge is 0.119 e. The van der Waals surface area contributed by atoms with Gasteiger partial charge in [0.05, 0.1) is 7.11 Å². The molecule has 1 fully saturated rings. The van der Waals surface area contributed by atoms with Crippen molar-refractivity contribution < 1.29 is 4.74 Å². The Morgan fingerprint density at radius 2 is 2.04 bits per heavy atom. The van der Waals surface area contributed by atoms with E-state index in [1.807, 2.05) is 17.4 Å². The van der Waals surface area contributed by atoms with Crippen molar-refractivity contribution in [2.45, 2.75) is 50.4 Å². The lowest BCUT2D eigenvalue weighted by atomic mass is 9.85. The molecule has 0 saturated carbocycles. The third kappa shape index (κ3) is 3.93. The molecule has 2 aliphatic rings. The van der Waals surface area contributed by atoms with Crippen LogP contribution in [0.4, 0.5) is 0 Å². The molecule has 0 N–H and O–H groups in total. The van der Waals surface area contributed by atoms with E-state index in [9.17, 15) is 0 Å². The van der Waals surface area contributed by atoms with Gasteiger partial charge in [0.15, 0.2) is 0 Å². The van der Waals surface area contributed by atoms with Crippen molar-refractivity contribution in [2.75, 3.05) is 26.7 Å². The average molecular weight is 356 g/mol. The van der Waals surface area contributed by atoms with Crippen LogP contribution >= 0.6 is 11.3 Å². The molecule has 3 heteroatoms. The molecule has 1 aromatic heterocycles. The highest BCUT2D eigenvalue weighted by molar-refractivity contribution is 7.10. The maximum atomic E-state index is 5.38. The minimum absolute atomic E-state index is 0.699. The van der Waals surface area contributed by atoms with E-state index in [0.29, 0.717) is 5.92 Å². The molecule has 0 bridgehead atoms. The van der Waals surface area contributed by atoms with Crippen molar-refractivity contribution in [3.05, 3.63) is 51.7 Å². The van der Waals surface area contributed by atoms with Gasteiger partial charge < -0.3 is 9.64 Å². The van der Waals surface area contributed by atoms with Gasteiger partial charge in [-0.3, -0.25) is 0 Å². The Morgan fingerprint density at radius 1 is 1.16 bits per heavy atom. The van der Waals surface area contributed by atoms with E-state index < -0.39 is 0 Å². The molecule has 2 heterocycles. The summed E-state index contributed by atoms with van der Waals surface area (Å²) >= 11 is 1.97. The van der Waals surface area contributed by atoms with Crippen molar-refractivity contribution in [1.29, 1.82) is 0 Å². The van der Waals surface area contributed by atoms with Crippen LogP contribution in [0.1, 0.15) is 59.9 Å². The van der Waals surface area contributed by atoms with Gasteiger partial charge in [-0.1, -0.05) is 12.1 Å². The summed E-state index contributed by atoms with van der Waals surface area (Å²) in [5, 5.41) is 2.29. The van der Waals surface area contributed by atoms with Crippen molar-refractivity contribution >= 4 is 11.3 Å². The van der Waals surface area contributed by atoms with Gasteiger partial charge in [-0.15, -0.1) is 11.3 Å². The van der Waals surface area contributed by atoms with E-state index in [1.54, 1.807) is 17.6 Å². The van der Waals surface area contributed by atoms with Crippen LogP contribution in [0.5, 0.6) is 5.75 Å². The number of hydrogen-bond donors (Lipinski definition) is 0. The number of aryl methyl sites for hydroxylation is 1. The van der Waals surface area contributed by atoms with Crippen LogP contribution in [0.3, 0.4) is 0 Å². The predicted octanol–water partition coefficient (Wildman–Crippen LogP) is 5.45. The van der Waals surface area contributed by atoms with Gasteiger partial charge >= 0.3 is 0 Å². The Morgan fingerprint density at radius 3 is 2.88 bits per heavy atom. The third-order valence-corrected chi connectivity index (χ3v) is 7.12. The summed E-state index contributed by atoms with van der Waals surface area (Å²) < 4.78 is 5.38. The first kappa shape index (κ1) is 17.1. The highest BCUT2D eigenvalue weighted by Gasteiger charge is 2.24. The molecular formula is C22H29NOS. The lowest BCUT2D eigenvalue weighted by molar-refractivity contribution is 0.203. The number of nitrogens with zero attached hydrogens (tertiary/aromatic N) is 1. The molecule has 2 nitrogen and oxygen atoms in total. The number of hydrogen-bond acceptors (Lipinski definition) is 3. The monoisotopic (exact) mass is 355 g/mol. The fraction of sp³-hybridized carbons (Fsp3) is 0.545. The second-order valence-corrected chi connectivity index (χ2v) is 8.57. The van der Waals surface area contributed by atoms with E-state index in [4.69, 9.17) is 4.74 Å². The summed E-state index contributed by atoms with van der Waals surface area (Å²) in [6.45, 7) is 3.75. The molecule has 2 aromatic rings. The first-order valence-corrected chi connectivity index (χ1v) is 10.6. The van der Waals surface area contributed by atoms with Crippen molar-refractivity contribution in [1.82, 2.24) is 4.90 Å². The second-order valence-electron chi connectivity index (χ2n) is 7.57. The maximum Gasteiger partial charge on any atom is 0.119 e. The van der Waals surface area contributed by atoms with E-state index in [1.165, 1.54) is 63.7 Å². The molecule has 25 heavy (non-hydrogen) atoms. The molecule has 0 amide bonds. The number of methoxy groups -OCH3 is 1. The molecule has 0 spiro atoms. The molecule has 1 aliphatic carbocycles. The Labute approximate surface area is 155 Å². The van der Waals surface area contributed by atoms with Gasteiger partial charge in [-0.25, -0.2) is 0 Å².